The largest absolute Gasteiger partial charge is 0.493 e. The Bertz CT molecular complexity index is 593. The van der Waals surface area contributed by atoms with E-state index < -0.39 is 0 Å². The number of aromatic nitrogens is 1. The van der Waals surface area contributed by atoms with Crippen LogP contribution in [0.2, 0.25) is 0 Å². The van der Waals surface area contributed by atoms with Gasteiger partial charge in [-0.15, -0.1) is 0 Å². The summed E-state index contributed by atoms with van der Waals surface area (Å²) >= 11 is 0. The Morgan fingerprint density at radius 3 is 2.57 bits per heavy atom. The number of nitrogens with zero attached hydrogens (tertiary/aromatic N) is 2. The number of aliphatic imine (C=N–C) groups is 1. The zero-order chi connectivity index (χ0) is 16.3. The predicted octanol–water partition coefficient (Wildman–Crippen LogP) is 2.43. The van der Waals surface area contributed by atoms with E-state index in [0.717, 1.165) is 37.8 Å². The number of ether oxygens (including phenoxy) is 1. The lowest BCUT2D eigenvalue weighted by atomic mass is 10.2. The van der Waals surface area contributed by atoms with Crippen LogP contribution in [-0.2, 0) is 6.54 Å². The van der Waals surface area contributed by atoms with Gasteiger partial charge < -0.3 is 19.9 Å². The van der Waals surface area contributed by atoms with Crippen molar-refractivity contribution in [2.45, 2.75) is 19.9 Å². The first kappa shape index (κ1) is 16.9. The van der Waals surface area contributed by atoms with Crippen LogP contribution in [0.3, 0.4) is 0 Å². The molecule has 0 bridgehead atoms. The lowest BCUT2D eigenvalue weighted by Gasteiger charge is -2.13. The molecule has 0 fully saturated rings. The van der Waals surface area contributed by atoms with Gasteiger partial charge in [-0.3, -0.25) is 4.99 Å². The Hall–Kier alpha value is -2.43. The molecule has 0 aliphatic carbocycles. The maximum Gasteiger partial charge on any atom is 0.191 e. The van der Waals surface area contributed by atoms with Gasteiger partial charge >= 0.3 is 0 Å². The minimum Gasteiger partial charge on any atom is -0.493 e. The summed E-state index contributed by atoms with van der Waals surface area (Å²) in [6.45, 7) is 5.34. The molecule has 5 nitrogen and oxygen atoms in total. The van der Waals surface area contributed by atoms with Crippen molar-refractivity contribution < 1.29 is 4.74 Å². The first-order valence-electron chi connectivity index (χ1n) is 8.03. The van der Waals surface area contributed by atoms with Crippen LogP contribution in [-0.4, -0.2) is 37.3 Å². The van der Waals surface area contributed by atoms with Gasteiger partial charge in [0, 0.05) is 39.1 Å². The minimum absolute atomic E-state index is 0.693. The van der Waals surface area contributed by atoms with Crippen LogP contribution in [0.5, 0.6) is 5.75 Å². The van der Waals surface area contributed by atoms with E-state index in [1.807, 2.05) is 30.3 Å². The summed E-state index contributed by atoms with van der Waals surface area (Å²) in [6, 6.07) is 12.1. The number of hydrogen-bond donors (Lipinski definition) is 2. The fourth-order valence-corrected chi connectivity index (χ4v) is 2.22. The fraction of sp³-hybridized carbons (Fsp3) is 0.389. The lowest BCUT2D eigenvalue weighted by molar-refractivity contribution is 0.309. The van der Waals surface area contributed by atoms with Gasteiger partial charge in [0.25, 0.3) is 0 Å². The highest BCUT2D eigenvalue weighted by Gasteiger charge is 1.99. The van der Waals surface area contributed by atoms with E-state index in [9.17, 15) is 0 Å². The highest BCUT2D eigenvalue weighted by Crippen LogP contribution is 2.15. The van der Waals surface area contributed by atoms with Crippen molar-refractivity contribution in [1.29, 1.82) is 0 Å². The first-order chi connectivity index (χ1) is 11.3. The summed E-state index contributed by atoms with van der Waals surface area (Å²) in [4.78, 5) is 4.22. The van der Waals surface area contributed by atoms with Crippen molar-refractivity contribution in [3.63, 3.8) is 0 Å². The molecule has 0 saturated heterocycles. The van der Waals surface area contributed by atoms with Crippen LogP contribution in [0.4, 0.5) is 0 Å². The maximum absolute atomic E-state index is 5.78. The van der Waals surface area contributed by atoms with Crippen LogP contribution in [0, 0.1) is 6.92 Å². The molecule has 5 heteroatoms. The molecule has 0 aliphatic rings. The van der Waals surface area contributed by atoms with Crippen LogP contribution in [0.15, 0.2) is 53.8 Å². The third kappa shape index (κ3) is 6.06. The average molecular weight is 314 g/mol. The van der Waals surface area contributed by atoms with Crippen molar-refractivity contribution in [3.05, 3.63) is 54.4 Å². The molecule has 0 saturated carbocycles. The van der Waals surface area contributed by atoms with E-state index in [1.165, 1.54) is 5.56 Å². The SMILES string of the molecule is CN=C(NCCCOc1ccccc1C)NCCn1cccc1. The zero-order valence-corrected chi connectivity index (χ0v) is 14.0. The average Bonchev–Trinajstić information content (AvgIpc) is 3.08. The summed E-state index contributed by atoms with van der Waals surface area (Å²) in [5.41, 5.74) is 1.17. The van der Waals surface area contributed by atoms with E-state index >= 15 is 0 Å². The third-order valence-corrected chi connectivity index (χ3v) is 3.52. The Balaban J connectivity index is 1.57. The van der Waals surface area contributed by atoms with Crippen molar-refractivity contribution in [3.8, 4) is 5.75 Å². The quantitative estimate of drug-likeness (QED) is 0.447. The van der Waals surface area contributed by atoms with Gasteiger partial charge in [-0.1, -0.05) is 18.2 Å². The predicted molar refractivity (Wildman–Crippen MR) is 95.1 cm³/mol. The molecule has 0 radical (unpaired) electrons. The van der Waals surface area contributed by atoms with Crippen molar-refractivity contribution in [2.24, 2.45) is 4.99 Å². The number of benzene rings is 1. The molecule has 2 aromatic rings. The molecule has 124 valence electrons. The van der Waals surface area contributed by atoms with Crippen molar-refractivity contribution in [2.75, 3.05) is 26.7 Å². The topological polar surface area (TPSA) is 50.6 Å². The number of hydrogen-bond acceptors (Lipinski definition) is 2. The lowest BCUT2D eigenvalue weighted by Crippen LogP contribution is -2.39. The Morgan fingerprint density at radius 1 is 1.09 bits per heavy atom. The summed E-state index contributed by atoms with van der Waals surface area (Å²) in [5, 5.41) is 6.60. The molecule has 0 unspecified atom stereocenters. The molecule has 0 atom stereocenters. The van der Waals surface area contributed by atoms with E-state index in [0.29, 0.717) is 6.61 Å². The summed E-state index contributed by atoms with van der Waals surface area (Å²) in [6.07, 6.45) is 5.04. The molecule has 2 N–H and O–H groups in total. The van der Waals surface area contributed by atoms with E-state index in [-0.39, 0.29) is 0 Å². The highest BCUT2D eigenvalue weighted by molar-refractivity contribution is 5.79. The summed E-state index contributed by atoms with van der Waals surface area (Å²) < 4.78 is 7.91. The number of rotatable bonds is 8. The van der Waals surface area contributed by atoms with Gasteiger partial charge in [-0.05, 0) is 37.1 Å². The van der Waals surface area contributed by atoms with Crippen LogP contribution in [0.25, 0.3) is 0 Å². The first-order valence-corrected chi connectivity index (χ1v) is 8.03. The molecule has 0 aliphatic heterocycles. The smallest absolute Gasteiger partial charge is 0.191 e. The van der Waals surface area contributed by atoms with Gasteiger partial charge in [0.05, 0.1) is 6.61 Å². The second-order valence-corrected chi connectivity index (χ2v) is 5.31. The molecule has 23 heavy (non-hydrogen) atoms. The molecule has 0 amide bonds. The van der Waals surface area contributed by atoms with Gasteiger partial charge in [0.2, 0.25) is 0 Å². The Kier molecular flexibility index (Phi) is 7.04. The molecule has 0 spiro atoms. The molecular formula is C18H26N4O. The molecular weight excluding hydrogens is 288 g/mol. The normalized spacial score (nSPS) is 11.3. The van der Waals surface area contributed by atoms with Gasteiger partial charge in [-0.25, -0.2) is 0 Å². The molecule has 1 aromatic heterocycles. The highest BCUT2D eigenvalue weighted by atomic mass is 16.5. The van der Waals surface area contributed by atoms with Gasteiger partial charge in [-0.2, -0.15) is 0 Å². The number of aryl methyl sites for hydroxylation is 1. The minimum atomic E-state index is 0.693. The fourth-order valence-electron chi connectivity index (χ4n) is 2.22. The number of para-hydroxylation sites is 1. The third-order valence-electron chi connectivity index (χ3n) is 3.52. The van der Waals surface area contributed by atoms with Gasteiger partial charge in [0.15, 0.2) is 5.96 Å². The second-order valence-electron chi connectivity index (χ2n) is 5.31. The van der Waals surface area contributed by atoms with Gasteiger partial charge in [0.1, 0.15) is 5.75 Å². The van der Waals surface area contributed by atoms with Crippen LogP contribution < -0.4 is 15.4 Å². The molecule has 1 aromatic carbocycles. The Morgan fingerprint density at radius 2 is 1.83 bits per heavy atom. The standard InChI is InChI=1S/C18H26N4O/c1-16-8-3-4-9-17(16)23-15-7-10-20-18(19-2)21-11-14-22-12-5-6-13-22/h3-6,8-9,12-13H,7,10-11,14-15H2,1-2H3,(H2,19,20,21). The van der Waals surface area contributed by atoms with Crippen molar-refractivity contribution >= 4 is 5.96 Å². The van der Waals surface area contributed by atoms with Crippen LogP contribution in [0.1, 0.15) is 12.0 Å². The maximum atomic E-state index is 5.78. The van der Waals surface area contributed by atoms with Crippen LogP contribution >= 0.6 is 0 Å². The van der Waals surface area contributed by atoms with E-state index in [4.69, 9.17) is 4.74 Å². The number of nitrogens with one attached hydrogen (secondary N) is 2. The second kappa shape index (κ2) is 9.56. The monoisotopic (exact) mass is 314 g/mol. The van der Waals surface area contributed by atoms with Crippen molar-refractivity contribution in [1.82, 2.24) is 15.2 Å². The molecule has 1 heterocycles. The van der Waals surface area contributed by atoms with E-state index in [1.54, 1.807) is 7.05 Å². The summed E-state index contributed by atoms with van der Waals surface area (Å²) in [5.74, 6) is 1.79. The van der Waals surface area contributed by atoms with E-state index in [2.05, 4.69) is 45.6 Å². The summed E-state index contributed by atoms with van der Waals surface area (Å²) in [7, 11) is 1.79. The zero-order valence-electron chi connectivity index (χ0n) is 14.0. The molecule has 2 rings (SSSR count). The number of guanidine groups is 1. The Labute approximate surface area is 138 Å².